The number of hydrogen-bond donors (Lipinski definition) is 1. The number of anilines is 1. The zero-order chi connectivity index (χ0) is 26.7. The SMILES string of the molecule is Cl.Cl.O=S(=O)(c1ccccc1)N1Cc2cc(-c3ccncc3)ccc2N(Cc2cnc[nH]2)C[C@H]1Cc1ccccc1. The van der Waals surface area contributed by atoms with Gasteiger partial charge in [-0.2, -0.15) is 4.31 Å². The standard InChI is InChI=1S/C31H29N5O2S.2ClH/c37-39(38,30-9-5-2-6-10-30)36-20-27-18-26(25-13-15-32-16-14-25)11-12-31(27)35(21-28-19-33-23-34-28)22-29(36)17-24-7-3-1-4-8-24;;/h1-16,18-19,23,29H,17,20-22H2,(H,33,34);2*1H/t29-;;/m1../s1. The smallest absolute Gasteiger partial charge is 0.243 e. The third kappa shape index (κ3) is 6.63. The van der Waals surface area contributed by atoms with Gasteiger partial charge in [-0.25, -0.2) is 13.4 Å². The Hall–Kier alpha value is -3.69. The molecule has 7 nitrogen and oxygen atoms in total. The number of hydrogen-bond acceptors (Lipinski definition) is 5. The van der Waals surface area contributed by atoms with Crippen LogP contribution in [0.15, 0.2) is 121 Å². The first-order valence-electron chi connectivity index (χ1n) is 12.9. The maximum atomic E-state index is 14.2. The molecule has 0 unspecified atom stereocenters. The first kappa shape index (κ1) is 30.3. The highest BCUT2D eigenvalue weighted by molar-refractivity contribution is 7.89. The summed E-state index contributed by atoms with van der Waals surface area (Å²) < 4.78 is 30.1. The van der Waals surface area contributed by atoms with E-state index in [2.05, 4.69) is 50.2 Å². The van der Waals surface area contributed by atoms with E-state index in [4.69, 9.17) is 0 Å². The molecule has 6 rings (SSSR count). The highest BCUT2D eigenvalue weighted by Crippen LogP contribution is 2.35. The first-order chi connectivity index (χ1) is 19.1. The number of imidazole rings is 1. The van der Waals surface area contributed by atoms with Crippen LogP contribution in [0.5, 0.6) is 0 Å². The molecule has 1 aliphatic heterocycles. The van der Waals surface area contributed by atoms with Gasteiger partial charge in [0.05, 0.1) is 23.5 Å². The van der Waals surface area contributed by atoms with E-state index >= 15 is 0 Å². The molecule has 1 atom stereocenters. The van der Waals surface area contributed by atoms with Crippen molar-refractivity contribution in [3.63, 3.8) is 0 Å². The van der Waals surface area contributed by atoms with Gasteiger partial charge in [-0.1, -0.05) is 54.6 Å². The van der Waals surface area contributed by atoms with E-state index in [1.807, 2.05) is 42.6 Å². The zero-order valence-electron chi connectivity index (χ0n) is 22.2. The fourth-order valence-electron chi connectivity index (χ4n) is 5.27. The Balaban J connectivity index is 0.00000194. The molecule has 3 aromatic carbocycles. The largest absolute Gasteiger partial charge is 0.364 e. The van der Waals surface area contributed by atoms with E-state index in [1.54, 1.807) is 47.3 Å². The Morgan fingerprint density at radius 2 is 1.54 bits per heavy atom. The topological polar surface area (TPSA) is 82.2 Å². The van der Waals surface area contributed by atoms with Crippen molar-refractivity contribution in [3.8, 4) is 11.1 Å². The molecule has 0 amide bonds. The van der Waals surface area contributed by atoms with Crippen molar-refractivity contribution in [2.24, 2.45) is 0 Å². The second-order valence-corrected chi connectivity index (χ2v) is 11.6. The number of nitrogens with one attached hydrogen (secondary N) is 1. The van der Waals surface area contributed by atoms with Crippen molar-refractivity contribution in [3.05, 3.63) is 133 Å². The van der Waals surface area contributed by atoms with Gasteiger partial charge in [0.2, 0.25) is 10.0 Å². The van der Waals surface area contributed by atoms with Crippen molar-refractivity contribution < 1.29 is 8.42 Å². The molecule has 1 N–H and O–H groups in total. The molecule has 0 radical (unpaired) electrons. The van der Waals surface area contributed by atoms with Gasteiger partial charge >= 0.3 is 0 Å². The summed E-state index contributed by atoms with van der Waals surface area (Å²) in [6.07, 6.45) is 7.63. The Morgan fingerprint density at radius 1 is 0.829 bits per heavy atom. The monoisotopic (exact) mass is 607 g/mol. The summed E-state index contributed by atoms with van der Waals surface area (Å²) in [7, 11) is -3.78. The number of pyridine rings is 1. The quantitative estimate of drug-likeness (QED) is 0.240. The predicted octanol–water partition coefficient (Wildman–Crippen LogP) is 6.14. The highest BCUT2D eigenvalue weighted by Gasteiger charge is 2.36. The molecule has 0 spiro atoms. The van der Waals surface area contributed by atoms with Crippen LogP contribution in [0.1, 0.15) is 16.8 Å². The van der Waals surface area contributed by atoms with Crippen LogP contribution in [0, 0.1) is 0 Å². The van der Waals surface area contributed by atoms with Gasteiger partial charge in [0.25, 0.3) is 0 Å². The van der Waals surface area contributed by atoms with E-state index in [9.17, 15) is 8.42 Å². The summed E-state index contributed by atoms with van der Waals surface area (Å²) in [6.45, 7) is 1.39. The van der Waals surface area contributed by atoms with Crippen molar-refractivity contribution in [1.82, 2.24) is 19.3 Å². The normalized spacial score (nSPS) is 15.2. The van der Waals surface area contributed by atoms with Gasteiger partial charge in [-0.15, -0.1) is 24.8 Å². The van der Waals surface area contributed by atoms with Crippen LogP contribution in [0.2, 0.25) is 0 Å². The molecule has 41 heavy (non-hydrogen) atoms. The Morgan fingerprint density at radius 3 is 2.22 bits per heavy atom. The van der Waals surface area contributed by atoms with Crippen molar-refractivity contribution in [2.45, 2.75) is 30.4 Å². The number of aromatic nitrogens is 3. The summed E-state index contributed by atoms with van der Waals surface area (Å²) >= 11 is 0. The van der Waals surface area contributed by atoms with Crippen LogP contribution in [-0.2, 0) is 29.5 Å². The van der Waals surface area contributed by atoms with Crippen LogP contribution in [0.25, 0.3) is 11.1 Å². The molecule has 0 fully saturated rings. The van der Waals surface area contributed by atoms with E-state index < -0.39 is 10.0 Å². The highest BCUT2D eigenvalue weighted by atomic mass is 35.5. The van der Waals surface area contributed by atoms with Crippen LogP contribution in [0.4, 0.5) is 5.69 Å². The number of rotatable bonds is 7. The predicted molar refractivity (Wildman–Crippen MR) is 167 cm³/mol. The van der Waals surface area contributed by atoms with Gasteiger partial charge in [-0.05, 0) is 65.1 Å². The molecular weight excluding hydrogens is 577 g/mol. The van der Waals surface area contributed by atoms with Crippen molar-refractivity contribution >= 4 is 40.5 Å². The van der Waals surface area contributed by atoms with Crippen molar-refractivity contribution in [2.75, 3.05) is 11.4 Å². The molecule has 5 aromatic rings. The van der Waals surface area contributed by atoms with Gasteiger partial charge in [0.1, 0.15) is 0 Å². The number of fused-ring (bicyclic) bond motifs is 1. The number of aromatic amines is 1. The first-order valence-corrected chi connectivity index (χ1v) is 14.4. The lowest BCUT2D eigenvalue weighted by atomic mass is 10.0. The molecule has 3 heterocycles. The number of H-pyrrole nitrogens is 1. The third-order valence-corrected chi connectivity index (χ3v) is 9.09. The second kappa shape index (κ2) is 13.3. The van der Waals surface area contributed by atoms with E-state index in [-0.39, 0.29) is 37.4 Å². The number of sulfonamides is 1. The van der Waals surface area contributed by atoms with E-state index in [1.165, 1.54) is 0 Å². The molecule has 0 saturated heterocycles. The van der Waals surface area contributed by atoms with Gasteiger partial charge in [0.15, 0.2) is 0 Å². The molecule has 0 bridgehead atoms. The van der Waals surface area contributed by atoms with Crippen LogP contribution < -0.4 is 4.90 Å². The molecule has 10 heteroatoms. The fraction of sp³-hybridized carbons (Fsp3) is 0.161. The Bertz CT molecular complexity index is 1640. The van der Waals surface area contributed by atoms with Crippen LogP contribution in [0.3, 0.4) is 0 Å². The lowest BCUT2D eigenvalue weighted by Gasteiger charge is -2.32. The van der Waals surface area contributed by atoms with Crippen LogP contribution in [-0.4, -0.2) is 40.3 Å². The minimum atomic E-state index is -3.78. The average molecular weight is 609 g/mol. The lowest BCUT2D eigenvalue weighted by Crippen LogP contribution is -2.45. The van der Waals surface area contributed by atoms with Gasteiger partial charge in [-0.3, -0.25) is 4.98 Å². The number of nitrogens with zero attached hydrogens (tertiary/aromatic N) is 4. The minimum absolute atomic E-state index is 0. The summed E-state index contributed by atoms with van der Waals surface area (Å²) in [6, 6.07) is 28.8. The minimum Gasteiger partial charge on any atom is -0.364 e. The van der Waals surface area contributed by atoms with Crippen molar-refractivity contribution in [1.29, 1.82) is 0 Å². The molecular formula is C31H31Cl2N5O2S. The molecule has 1 aliphatic rings. The average Bonchev–Trinajstić information content (AvgIpc) is 3.44. The van der Waals surface area contributed by atoms with Gasteiger partial charge in [0, 0.05) is 43.4 Å². The van der Waals surface area contributed by atoms with E-state index in [0.29, 0.717) is 24.4 Å². The van der Waals surface area contributed by atoms with E-state index in [0.717, 1.165) is 33.6 Å². The lowest BCUT2D eigenvalue weighted by molar-refractivity contribution is 0.318. The number of halogens is 2. The summed E-state index contributed by atoms with van der Waals surface area (Å²) in [4.78, 5) is 14.1. The fourth-order valence-corrected chi connectivity index (χ4v) is 6.89. The second-order valence-electron chi connectivity index (χ2n) is 9.74. The third-order valence-electron chi connectivity index (χ3n) is 7.18. The maximum absolute atomic E-state index is 14.2. The summed E-state index contributed by atoms with van der Waals surface area (Å²) in [5, 5.41) is 0. The summed E-state index contributed by atoms with van der Waals surface area (Å²) in [5.74, 6) is 0. The summed E-state index contributed by atoms with van der Waals surface area (Å²) in [5.41, 5.74) is 6.11. The molecule has 212 valence electrons. The maximum Gasteiger partial charge on any atom is 0.243 e. The Labute approximate surface area is 253 Å². The van der Waals surface area contributed by atoms with Crippen LogP contribution >= 0.6 is 24.8 Å². The molecule has 2 aromatic heterocycles. The number of benzene rings is 3. The Kier molecular flexibility index (Phi) is 9.83. The molecule has 0 saturated carbocycles. The van der Waals surface area contributed by atoms with Gasteiger partial charge < -0.3 is 9.88 Å². The molecule has 0 aliphatic carbocycles. The zero-order valence-corrected chi connectivity index (χ0v) is 24.7.